The van der Waals surface area contributed by atoms with Crippen LogP contribution < -0.4 is 4.72 Å². The highest BCUT2D eigenvalue weighted by Gasteiger charge is 2.10. The van der Waals surface area contributed by atoms with E-state index in [1.54, 1.807) is 0 Å². The lowest BCUT2D eigenvalue weighted by Crippen LogP contribution is -2.26. The van der Waals surface area contributed by atoms with Crippen LogP contribution in [-0.4, -0.2) is 15.0 Å². The monoisotopic (exact) mass is 307 g/mol. The van der Waals surface area contributed by atoms with Crippen molar-refractivity contribution in [2.45, 2.75) is 5.75 Å². The van der Waals surface area contributed by atoms with Crippen molar-refractivity contribution >= 4 is 26.0 Å². The van der Waals surface area contributed by atoms with Crippen LogP contribution in [0.25, 0.3) is 0 Å². The summed E-state index contributed by atoms with van der Waals surface area (Å²) in [6, 6.07) is 5.34. The predicted octanol–water partition coefficient (Wildman–Crippen LogP) is 2.15. The molecule has 0 heterocycles. The highest BCUT2D eigenvalue weighted by molar-refractivity contribution is 9.11. The third-order valence-electron chi connectivity index (χ3n) is 1.75. The first-order valence-corrected chi connectivity index (χ1v) is 6.88. The molecule has 0 amide bonds. The average molecular weight is 308 g/mol. The minimum atomic E-state index is -3.41. The van der Waals surface area contributed by atoms with Gasteiger partial charge in [0.05, 0.1) is 5.75 Å². The maximum Gasteiger partial charge on any atom is 0.216 e. The zero-order valence-corrected chi connectivity index (χ0v) is 10.8. The number of nitrogens with one attached hydrogen (secondary N) is 1. The summed E-state index contributed by atoms with van der Waals surface area (Å²) in [5.41, 5.74) is 0.536. The third-order valence-corrected chi connectivity index (χ3v) is 3.33. The molecule has 0 saturated heterocycles. The maximum atomic E-state index is 12.6. The molecule has 0 aliphatic carbocycles. The fourth-order valence-corrected chi connectivity index (χ4v) is 2.49. The van der Waals surface area contributed by atoms with E-state index in [2.05, 4.69) is 27.2 Å². The second-order valence-corrected chi connectivity index (χ2v) is 6.15. The molecule has 1 aromatic rings. The molecule has 0 unspecified atom stereocenters. The van der Waals surface area contributed by atoms with Crippen molar-refractivity contribution in [1.29, 1.82) is 0 Å². The molecule has 0 spiro atoms. The summed E-state index contributed by atoms with van der Waals surface area (Å²) in [5, 5.41) is 0. The van der Waals surface area contributed by atoms with Crippen LogP contribution in [0, 0.1) is 5.82 Å². The predicted molar refractivity (Wildman–Crippen MR) is 65.1 cm³/mol. The van der Waals surface area contributed by atoms with Gasteiger partial charge >= 0.3 is 0 Å². The standard InChI is InChI=1S/C10H11BrFNO2S/c1-8(11)6-13-16(14,15)7-9-2-4-10(12)5-3-9/h2-5,13H,1,6-7H2. The number of rotatable bonds is 5. The topological polar surface area (TPSA) is 46.2 Å². The van der Waals surface area contributed by atoms with Gasteiger partial charge in [0.2, 0.25) is 10.0 Å². The van der Waals surface area contributed by atoms with Crippen molar-refractivity contribution in [1.82, 2.24) is 4.72 Å². The summed E-state index contributed by atoms with van der Waals surface area (Å²) in [7, 11) is -3.41. The molecule has 0 atom stereocenters. The minimum Gasteiger partial charge on any atom is -0.212 e. The van der Waals surface area contributed by atoms with Crippen LogP contribution in [-0.2, 0) is 15.8 Å². The molecule has 0 bridgehead atoms. The molecule has 0 saturated carbocycles. The first-order valence-electron chi connectivity index (χ1n) is 4.44. The molecule has 1 aromatic carbocycles. The van der Waals surface area contributed by atoms with Crippen molar-refractivity contribution in [2.24, 2.45) is 0 Å². The van der Waals surface area contributed by atoms with Gasteiger partial charge in [0.25, 0.3) is 0 Å². The Hall–Kier alpha value is -0.720. The quantitative estimate of drug-likeness (QED) is 0.906. The second kappa shape index (κ2) is 5.56. The van der Waals surface area contributed by atoms with E-state index in [4.69, 9.17) is 0 Å². The third kappa shape index (κ3) is 4.87. The summed E-state index contributed by atoms with van der Waals surface area (Å²) in [6.07, 6.45) is 0. The zero-order chi connectivity index (χ0) is 12.2. The largest absolute Gasteiger partial charge is 0.216 e. The average Bonchev–Trinajstić information content (AvgIpc) is 2.19. The number of sulfonamides is 1. The number of hydrogen-bond donors (Lipinski definition) is 1. The van der Waals surface area contributed by atoms with Crippen LogP contribution in [0.15, 0.2) is 35.3 Å². The van der Waals surface area contributed by atoms with Crippen molar-refractivity contribution in [2.75, 3.05) is 6.54 Å². The summed E-state index contributed by atoms with van der Waals surface area (Å²) >= 11 is 3.05. The van der Waals surface area contributed by atoms with E-state index in [9.17, 15) is 12.8 Å². The van der Waals surface area contributed by atoms with E-state index >= 15 is 0 Å². The molecule has 0 radical (unpaired) electrons. The van der Waals surface area contributed by atoms with Gasteiger partial charge in [-0.05, 0) is 17.7 Å². The highest BCUT2D eigenvalue weighted by Crippen LogP contribution is 2.07. The molecule has 0 aromatic heterocycles. The van der Waals surface area contributed by atoms with Gasteiger partial charge in [-0.2, -0.15) is 0 Å². The van der Waals surface area contributed by atoms with Crippen LogP contribution in [0.2, 0.25) is 0 Å². The Bertz CT molecular complexity index is 470. The highest BCUT2D eigenvalue weighted by atomic mass is 79.9. The summed E-state index contributed by atoms with van der Waals surface area (Å²) in [5.74, 6) is -0.559. The van der Waals surface area contributed by atoms with Crippen molar-refractivity contribution in [3.05, 3.63) is 46.7 Å². The Kier molecular flexibility index (Phi) is 4.64. The van der Waals surface area contributed by atoms with Crippen LogP contribution in [0.4, 0.5) is 4.39 Å². The molecular weight excluding hydrogens is 297 g/mol. The van der Waals surface area contributed by atoms with E-state index in [1.165, 1.54) is 24.3 Å². The Morgan fingerprint density at radius 1 is 1.38 bits per heavy atom. The Balaban J connectivity index is 2.65. The molecule has 0 fully saturated rings. The molecule has 16 heavy (non-hydrogen) atoms. The molecule has 88 valence electrons. The van der Waals surface area contributed by atoms with Gasteiger partial charge < -0.3 is 0 Å². The lowest BCUT2D eigenvalue weighted by molar-refractivity contribution is 0.584. The van der Waals surface area contributed by atoms with E-state index in [1.807, 2.05) is 0 Å². The van der Waals surface area contributed by atoms with Gasteiger partial charge in [-0.1, -0.05) is 34.6 Å². The number of halogens is 2. The van der Waals surface area contributed by atoms with Gasteiger partial charge in [-0.3, -0.25) is 0 Å². The Morgan fingerprint density at radius 3 is 2.44 bits per heavy atom. The molecule has 1 N–H and O–H groups in total. The fraction of sp³-hybridized carbons (Fsp3) is 0.200. The SMILES string of the molecule is C=C(Br)CNS(=O)(=O)Cc1ccc(F)cc1. The zero-order valence-electron chi connectivity index (χ0n) is 8.41. The van der Waals surface area contributed by atoms with E-state index in [0.29, 0.717) is 10.0 Å². The Morgan fingerprint density at radius 2 is 1.94 bits per heavy atom. The maximum absolute atomic E-state index is 12.6. The summed E-state index contributed by atoms with van der Waals surface area (Å²) in [4.78, 5) is 0. The van der Waals surface area contributed by atoms with Gasteiger partial charge in [-0.15, -0.1) is 0 Å². The van der Waals surface area contributed by atoms with Crippen LogP contribution in [0.1, 0.15) is 5.56 Å². The molecule has 3 nitrogen and oxygen atoms in total. The summed E-state index contributed by atoms with van der Waals surface area (Å²) in [6.45, 7) is 3.66. The van der Waals surface area contributed by atoms with Crippen LogP contribution >= 0.6 is 15.9 Å². The molecule has 0 aliphatic rings. The molecular formula is C10H11BrFNO2S. The van der Waals surface area contributed by atoms with Crippen LogP contribution in [0.5, 0.6) is 0 Å². The molecule has 0 aliphatic heterocycles. The normalized spacial score (nSPS) is 11.4. The number of hydrogen-bond acceptors (Lipinski definition) is 2. The van der Waals surface area contributed by atoms with Crippen LogP contribution in [0.3, 0.4) is 0 Å². The van der Waals surface area contributed by atoms with E-state index in [-0.39, 0.29) is 18.1 Å². The van der Waals surface area contributed by atoms with Gasteiger partial charge in [0.1, 0.15) is 5.82 Å². The number of benzene rings is 1. The van der Waals surface area contributed by atoms with E-state index < -0.39 is 10.0 Å². The summed E-state index contributed by atoms with van der Waals surface area (Å²) < 4.78 is 38.5. The smallest absolute Gasteiger partial charge is 0.212 e. The first kappa shape index (κ1) is 13.3. The van der Waals surface area contributed by atoms with Crippen molar-refractivity contribution in [3.63, 3.8) is 0 Å². The molecule has 1 rings (SSSR count). The van der Waals surface area contributed by atoms with Gasteiger partial charge in [-0.25, -0.2) is 17.5 Å². The lowest BCUT2D eigenvalue weighted by Gasteiger charge is -2.05. The molecule has 6 heteroatoms. The first-order chi connectivity index (χ1) is 7.39. The van der Waals surface area contributed by atoms with Gasteiger partial charge in [0, 0.05) is 11.0 Å². The van der Waals surface area contributed by atoms with Crippen molar-refractivity contribution < 1.29 is 12.8 Å². The van der Waals surface area contributed by atoms with E-state index in [0.717, 1.165) is 0 Å². The minimum absolute atomic E-state index is 0.142. The fourth-order valence-electron chi connectivity index (χ4n) is 1.04. The lowest BCUT2D eigenvalue weighted by atomic mass is 10.2. The second-order valence-electron chi connectivity index (χ2n) is 3.22. The van der Waals surface area contributed by atoms with Crippen molar-refractivity contribution in [3.8, 4) is 0 Å². The Labute approximate surface area is 103 Å². The van der Waals surface area contributed by atoms with Gasteiger partial charge in [0.15, 0.2) is 0 Å².